The summed E-state index contributed by atoms with van der Waals surface area (Å²) in [6, 6.07) is 19.9. The van der Waals surface area contributed by atoms with Gasteiger partial charge in [-0.15, -0.1) is 0 Å². The topological polar surface area (TPSA) is 109 Å². The first-order chi connectivity index (χ1) is 20.0. The van der Waals surface area contributed by atoms with Crippen molar-refractivity contribution in [2.45, 2.75) is 57.4 Å². The quantitative estimate of drug-likeness (QED) is 0.200. The highest BCUT2D eigenvalue weighted by atomic mass is 16.5. The number of hydrogen-bond donors (Lipinski definition) is 3. The molecular weight excluding hydrogens is 516 g/mol. The molecule has 0 radical (unpaired) electrons. The molecular formula is C33H34N4O4. The molecule has 8 nitrogen and oxygen atoms in total. The first-order valence-corrected chi connectivity index (χ1v) is 14.4. The predicted octanol–water partition coefficient (Wildman–Crippen LogP) is 6.16. The number of aromatic amines is 1. The standard InChI is InChI=1S/C33H34N4O4/c1-2-41-33(40)30(18-23-20-34-28-16-14-25(38)19-27(23)28)35-32(39)22-13-15-26-29(17-22)36-37(24-11-7-4-8-12-24)31(26)21-9-5-3-6-10-21/h4,7-8,11-17,19-21,30,34,38H,2-3,5-6,9-10,18H2,1H3,(H,35,39)/t30-/m0/s1. The molecule has 1 saturated carbocycles. The number of H-pyrrole nitrogens is 1. The molecule has 0 unspecified atom stereocenters. The highest BCUT2D eigenvalue weighted by Crippen LogP contribution is 2.38. The molecule has 6 rings (SSSR count). The molecule has 1 aliphatic carbocycles. The molecule has 3 aromatic carbocycles. The number of aromatic nitrogens is 3. The Hall–Kier alpha value is -4.59. The van der Waals surface area contributed by atoms with Crippen LogP contribution in [0.25, 0.3) is 27.5 Å². The second kappa shape index (κ2) is 11.5. The van der Waals surface area contributed by atoms with Crippen molar-refractivity contribution in [3.63, 3.8) is 0 Å². The first kappa shape index (κ1) is 26.6. The Balaban J connectivity index is 1.31. The molecule has 3 N–H and O–H groups in total. The van der Waals surface area contributed by atoms with Gasteiger partial charge >= 0.3 is 5.97 Å². The molecule has 0 saturated heterocycles. The van der Waals surface area contributed by atoms with Gasteiger partial charge in [-0.1, -0.05) is 43.5 Å². The number of aromatic hydroxyl groups is 1. The average molecular weight is 551 g/mol. The van der Waals surface area contributed by atoms with Gasteiger partial charge in [0.25, 0.3) is 5.91 Å². The largest absolute Gasteiger partial charge is 0.508 e. The Morgan fingerprint density at radius 3 is 2.63 bits per heavy atom. The van der Waals surface area contributed by atoms with Gasteiger partial charge < -0.3 is 20.1 Å². The molecule has 0 aliphatic heterocycles. The van der Waals surface area contributed by atoms with Crippen LogP contribution in [0, 0.1) is 0 Å². The van der Waals surface area contributed by atoms with Crippen LogP contribution >= 0.6 is 0 Å². The lowest BCUT2D eigenvalue weighted by Gasteiger charge is -2.23. The number of benzene rings is 3. The third-order valence-electron chi connectivity index (χ3n) is 8.02. The van der Waals surface area contributed by atoms with Crippen LogP contribution in [0.3, 0.4) is 0 Å². The SMILES string of the molecule is CCOC(=O)[C@H](Cc1c[nH]c2ccc(O)cc12)NC(=O)c1ccc2c(C3CCCCC3)n(-c3ccccc3)nc2c1. The number of nitrogens with one attached hydrogen (secondary N) is 2. The van der Waals surface area contributed by atoms with Crippen molar-refractivity contribution < 1.29 is 19.4 Å². The molecule has 2 aromatic heterocycles. The van der Waals surface area contributed by atoms with Crippen LogP contribution < -0.4 is 5.32 Å². The molecule has 5 aromatic rings. The van der Waals surface area contributed by atoms with Gasteiger partial charge in [-0.25, -0.2) is 9.48 Å². The first-order valence-electron chi connectivity index (χ1n) is 14.4. The second-order valence-corrected chi connectivity index (χ2v) is 10.7. The zero-order valence-electron chi connectivity index (χ0n) is 23.1. The monoisotopic (exact) mass is 550 g/mol. The number of rotatable bonds is 8. The van der Waals surface area contributed by atoms with Crippen molar-refractivity contribution >= 4 is 33.7 Å². The number of carbonyl (C=O) groups excluding carboxylic acids is 2. The van der Waals surface area contributed by atoms with E-state index in [1.807, 2.05) is 41.1 Å². The van der Waals surface area contributed by atoms with Crippen LogP contribution in [0.2, 0.25) is 0 Å². The van der Waals surface area contributed by atoms with E-state index in [9.17, 15) is 14.7 Å². The lowest BCUT2D eigenvalue weighted by atomic mass is 9.85. The van der Waals surface area contributed by atoms with Gasteiger partial charge in [-0.2, -0.15) is 5.10 Å². The van der Waals surface area contributed by atoms with Gasteiger partial charge in [0.15, 0.2) is 0 Å². The van der Waals surface area contributed by atoms with Crippen molar-refractivity contribution in [2.75, 3.05) is 6.61 Å². The lowest BCUT2D eigenvalue weighted by molar-refractivity contribution is -0.145. The highest BCUT2D eigenvalue weighted by Gasteiger charge is 2.27. The van der Waals surface area contributed by atoms with E-state index >= 15 is 0 Å². The maximum atomic E-state index is 13.5. The maximum absolute atomic E-state index is 13.5. The molecule has 41 heavy (non-hydrogen) atoms. The van der Waals surface area contributed by atoms with Crippen molar-refractivity contribution in [3.8, 4) is 11.4 Å². The van der Waals surface area contributed by atoms with Gasteiger partial charge in [0.1, 0.15) is 11.8 Å². The second-order valence-electron chi connectivity index (χ2n) is 10.7. The minimum Gasteiger partial charge on any atom is -0.508 e. The van der Waals surface area contributed by atoms with Crippen LogP contribution in [-0.2, 0) is 16.0 Å². The molecule has 0 spiro atoms. The molecule has 0 bridgehead atoms. The van der Waals surface area contributed by atoms with E-state index < -0.39 is 12.0 Å². The smallest absolute Gasteiger partial charge is 0.328 e. The molecule has 8 heteroatoms. The summed E-state index contributed by atoms with van der Waals surface area (Å²) in [4.78, 5) is 29.6. The number of amides is 1. The molecule has 1 aliphatic rings. The molecule has 2 heterocycles. The summed E-state index contributed by atoms with van der Waals surface area (Å²) in [6.45, 7) is 1.94. The van der Waals surface area contributed by atoms with Gasteiger partial charge in [0.05, 0.1) is 23.5 Å². The van der Waals surface area contributed by atoms with Crippen molar-refractivity contribution in [3.05, 3.63) is 89.7 Å². The number of phenols is 1. The number of para-hydroxylation sites is 1. The van der Waals surface area contributed by atoms with Crippen LogP contribution in [0.5, 0.6) is 5.75 Å². The molecule has 1 amide bonds. The molecule has 1 fully saturated rings. The number of carbonyl (C=O) groups is 2. The van der Waals surface area contributed by atoms with E-state index in [1.54, 1.807) is 31.3 Å². The van der Waals surface area contributed by atoms with Crippen molar-refractivity contribution in [2.24, 2.45) is 0 Å². The van der Waals surface area contributed by atoms with Crippen molar-refractivity contribution in [1.82, 2.24) is 20.1 Å². The summed E-state index contributed by atoms with van der Waals surface area (Å²) in [5.74, 6) is -0.339. The Morgan fingerprint density at radius 2 is 1.85 bits per heavy atom. The maximum Gasteiger partial charge on any atom is 0.328 e. The molecule has 210 valence electrons. The Morgan fingerprint density at radius 1 is 1.05 bits per heavy atom. The number of phenolic OH excluding ortho intramolecular Hbond substituents is 1. The van der Waals surface area contributed by atoms with Crippen LogP contribution in [0.15, 0.2) is 72.9 Å². The third kappa shape index (κ3) is 5.42. The number of fused-ring (bicyclic) bond motifs is 2. The Labute approximate surface area is 238 Å². The lowest BCUT2D eigenvalue weighted by Crippen LogP contribution is -2.43. The van der Waals surface area contributed by atoms with Crippen LogP contribution in [0.1, 0.15) is 66.6 Å². The van der Waals surface area contributed by atoms with E-state index in [0.29, 0.717) is 11.5 Å². The summed E-state index contributed by atoms with van der Waals surface area (Å²) < 4.78 is 7.34. The summed E-state index contributed by atoms with van der Waals surface area (Å²) in [5.41, 5.74) is 5.01. The van der Waals surface area contributed by atoms with E-state index in [4.69, 9.17) is 9.84 Å². The summed E-state index contributed by atoms with van der Waals surface area (Å²) >= 11 is 0. The fraction of sp³-hybridized carbons (Fsp3) is 0.303. The van der Waals surface area contributed by atoms with E-state index in [0.717, 1.165) is 45.9 Å². The van der Waals surface area contributed by atoms with Crippen LogP contribution in [0.4, 0.5) is 0 Å². The zero-order chi connectivity index (χ0) is 28.3. The normalized spacial score (nSPS) is 14.8. The van der Waals surface area contributed by atoms with Crippen LogP contribution in [-0.4, -0.2) is 44.4 Å². The van der Waals surface area contributed by atoms with Gasteiger partial charge in [0.2, 0.25) is 0 Å². The Bertz CT molecular complexity index is 1700. The van der Waals surface area contributed by atoms with E-state index in [-0.39, 0.29) is 24.7 Å². The third-order valence-corrected chi connectivity index (χ3v) is 8.02. The summed E-state index contributed by atoms with van der Waals surface area (Å²) in [7, 11) is 0. The number of hydrogen-bond acceptors (Lipinski definition) is 5. The number of esters is 1. The molecule has 1 atom stereocenters. The zero-order valence-corrected chi connectivity index (χ0v) is 23.1. The predicted molar refractivity (Wildman–Crippen MR) is 158 cm³/mol. The van der Waals surface area contributed by atoms with Gasteiger partial charge in [-0.05, 0) is 67.8 Å². The number of ether oxygens (including phenoxy) is 1. The Kier molecular flexibility index (Phi) is 7.46. The minimum atomic E-state index is -0.904. The minimum absolute atomic E-state index is 0.130. The van der Waals surface area contributed by atoms with Gasteiger partial charge in [-0.3, -0.25) is 4.79 Å². The highest BCUT2D eigenvalue weighted by molar-refractivity contribution is 6.00. The van der Waals surface area contributed by atoms with Crippen molar-refractivity contribution in [1.29, 1.82) is 0 Å². The summed E-state index contributed by atoms with van der Waals surface area (Å²) in [5, 5.41) is 19.7. The summed E-state index contributed by atoms with van der Waals surface area (Å²) in [6.07, 6.45) is 7.93. The fourth-order valence-corrected chi connectivity index (χ4v) is 6.02. The van der Waals surface area contributed by atoms with E-state index in [2.05, 4.69) is 22.4 Å². The number of nitrogens with zero attached hydrogens (tertiary/aromatic N) is 2. The van der Waals surface area contributed by atoms with E-state index in [1.165, 1.54) is 25.0 Å². The van der Waals surface area contributed by atoms with Gasteiger partial charge in [0, 0.05) is 40.4 Å². The fourth-order valence-electron chi connectivity index (χ4n) is 6.02. The average Bonchev–Trinajstić information content (AvgIpc) is 3.58.